The lowest BCUT2D eigenvalue weighted by molar-refractivity contribution is 0.0636. The smallest absolute Gasteiger partial charge is 0.413 e. The van der Waals surface area contributed by atoms with Gasteiger partial charge in [-0.2, -0.15) is 0 Å². The zero-order chi connectivity index (χ0) is 15.6. The third kappa shape index (κ3) is 4.43. The van der Waals surface area contributed by atoms with E-state index in [1.807, 2.05) is 32.9 Å². The van der Waals surface area contributed by atoms with E-state index in [1.165, 1.54) is 16.9 Å². The molecule has 0 aliphatic rings. The van der Waals surface area contributed by atoms with E-state index in [2.05, 4.69) is 30.2 Å². The molecule has 1 heterocycles. The number of fused-ring (bicyclic) bond motifs is 1. The fraction of sp³-hybridized carbons (Fsp3) is 0.500. The number of amides is 1. The van der Waals surface area contributed by atoms with E-state index >= 15 is 0 Å². The highest BCUT2D eigenvalue weighted by atomic mass is 32.1. The Morgan fingerprint density at radius 1 is 1.38 bits per heavy atom. The standard InChI is InChI=1S/C16H22N2O2S/c1-10(2)9-11-7-6-8-12-13(11)17-14(21-12)18-15(19)20-16(3,4)5/h6-8,10H,9H2,1-5H3,(H,17,18,19). The Morgan fingerprint density at radius 3 is 2.71 bits per heavy atom. The van der Waals surface area contributed by atoms with Gasteiger partial charge in [0.05, 0.1) is 10.2 Å². The summed E-state index contributed by atoms with van der Waals surface area (Å²) in [5, 5.41) is 3.29. The molecule has 0 aliphatic carbocycles. The van der Waals surface area contributed by atoms with Gasteiger partial charge in [0, 0.05) is 0 Å². The summed E-state index contributed by atoms with van der Waals surface area (Å²) in [4.78, 5) is 16.3. The number of nitrogens with one attached hydrogen (secondary N) is 1. The summed E-state index contributed by atoms with van der Waals surface area (Å²) in [7, 11) is 0. The molecule has 0 aliphatic heterocycles. The number of aromatic nitrogens is 1. The van der Waals surface area contributed by atoms with Crippen molar-refractivity contribution in [2.24, 2.45) is 5.92 Å². The van der Waals surface area contributed by atoms with Crippen LogP contribution in [0.1, 0.15) is 40.2 Å². The third-order valence-corrected chi connectivity index (χ3v) is 3.67. The van der Waals surface area contributed by atoms with Gasteiger partial charge in [0.15, 0.2) is 5.13 Å². The van der Waals surface area contributed by atoms with Crippen LogP contribution in [-0.2, 0) is 11.2 Å². The molecule has 1 aromatic heterocycles. The van der Waals surface area contributed by atoms with Crippen LogP contribution in [0.5, 0.6) is 0 Å². The number of hydrogen-bond donors (Lipinski definition) is 1. The molecule has 21 heavy (non-hydrogen) atoms. The number of anilines is 1. The fourth-order valence-electron chi connectivity index (χ4n) is 2.05. The lowest BCUT2D eigenvalue weighted by Gasteiger charge is -2.18. The van der Waals surface area contributed by atoms with Crippen molar-refractivity contribution in [1.82, 2.24) is 4.98 Å². The van der Waals surface area contributed by atoms with Gasteiger partial charge < -0.3 is 4.74 Å². The van der Waals surface area contributed by atoms with Crippen molar-refractivity contribution in [1.29, 1.82) is 0 Å². The second kappa shape index (κ2) is 6.02. The number of benzene rings is 1. The van der Waals surface area contributed by atoms with Crippen molar-refractivity contribution in [2.45, 2.75) is 46.6 Å². The van der Waals surface area contributed by atoms with E-state index in [-0.39, 0.29) is 0 Å². The quantitative estimate of drug-likeness (QED) is 0.882. The fourth-order valence-corrected chi connectivity index (χ4v) is 2.95. The van der Waals surface area contributed by atoms with Crippen LogP contribution < -0.4 is 5.32 Å². The van der Waals surface area contributed by atoms with E-state index in [9.17, 15) is 4.79 Å². The van der Waals surface area contributed by atoms with E-state index in [0.29, 0.717) is 11.0 Å². The van der Waals surface area contributed by atoms with Gasteiger partial charge in [0.2, 0.25) is 0 Å². The van der Waals surface area contributed by atoms with E-state index in [0.717, 1.165) is 16.6 Å². The SMILES string of the molecule is CC(C)Cc1cccc2sc(NC(=O)OC(C)(C)C)nc12. The lowest BCUT2D eigenvalue weighted by Crippen LogP contribution is -2.27. The van der Waals surface area contributed by atoms with Gasteiger partial charge in [-0.15, -0.1) is 0 Å². The number of thiazole rings is 1. The Morgan fingerprint density at radius 2 is 2.10 bits per heavy atom. The number of rotatable bonds is 3. The zero-order valence-corrected chi connectivity index (χ0v) is 14.0. The summed E-state index contributed by atoms with van der Waals surface area (Å²) in [6, 6.07) is 6.16. The van der Waals surface area contributed by atoms with Gasteiger partial charge in [0.25, 0.3) is 0 Å². The van der Waals surface area contributed by atoms with Crippen molar-refractivity contribution >= 4 is 32.8 Å². The average Bonchev–Trinajstić information content (AvgIpc) is 2.68. The minimum Gasteiger partial charge on any atom is -0.444 e. The van der Waals surface area contributed by atoms with Crippen LogP contribution >= 0.6 is 11.3 Å². The Bertz CT molecular complexity index is 641. The van der Waals surface area contributed by atoms with Gasteiger partial charge in [0.1, 0.15) is 5.60 Å². The zero-order valence-electron chi connectivity index (χ0n) is 13.2. The van der Waals surface area contributed by atoms with Gasteiger partial charge in [-0.05, 0) is 44.7 Å². The summed E-state index contributed by atoms with van der Waals surface area (Å²) in [5.74, 6) is 0.569. The monoisotopic (exact) mass is 306 g/mol. The Hall–Kier alpha value is -1.62. The van der Waals surface area contributed by atoms with Crippen LogP contribution in [0.15, 0.2) is 18.2 Å². The minimum absolute atomic E-state index is 0.466. The maximum atomic E-state index is 11.8. The van der Waals surface area contributed by atoms with E-state index < -0.39 is 11.7 Å². The molecule has 1 aromatic carbocycles. The topological polar surface area (TPSA) is 51.2 Å². The molecular weight excluding hydrogens is 284 g/mol. The van der Waals surface area contributed by atoms with Crippen LogP contribution in [-0.4, -0.2) is 16.7 Å². The third-order valence-electron chi connectivity index (χ3n) is 2.74. The predicted molar refractivity (Wildman–Crippen MR) is 88.0 cm³/mol. The molecule has 0 radical (unpaired) electrons. The Kier molecular flexibility index (Phi) is 4.52. The molecule has 2 aromatic rings. The summed E-state index contributed by atoms with van der Waals surface area (Å²) in [6.07, 6.45) is 0.513. The second-order valence-corrected chi connectivity index (χ2v) is 7.54. The first kappa shape index (κ1) is 15.8. The lowest BCUT2D eigenvalue weighted by atomic mass is 10.0. The second-order valence-electron chi connectivity index (χ2n) is 6.51. The average molecular weight is 306 g/mol. The molecule has 0 saturated heterocycles. The van der Waals surface area contributed by atoms with Crippen LogP contribution in [0.4, 0.5) is 9.93 Å². The molecule has 2 rings (SSSR count). The Labute approximate surface area is 129 Å². The number of para-hydroxylation sites is 1. The normalized spacial score (nSPS) is 11.9. The summed E-state index contributed by atoms with van der Waals surface area (Å²) >= 11 is 1.47. The highest BCUT2D eigenvalue weighted by Gasteiger charge is 2.18. The van der Waals surface area contributed by atoms with Gasteiger partial charge >= 0.3 is 6.09 Å². The van der Waals surface area contributed by atoms with Crippen LogP contribution in [0.3, 0.4) is 0 Å². The number of ether oxygens (including phenoxy) is 1. The van der Waals surface area contributed by atoms with Crippen LogP contribution in [0.25, 0.3) is 10.2 Å². The number of nitrogens with zero attached hydrogens (tertiary/aromatic N) is 1. The molecule has 0 saturated carbocycles. The van der Waals surface area contributed by atoms with Crippen molar-refractivity contribution in [3.05, 3.63) is 23.8 Å². The first-order valence-corrected chi connectivity index (χ1v) is 7.94. The molecule has 0 fully saturated rings. The van der Waals surface area contributed by atoms with Crippen molar-refractivity contribution < 1.29 is 9.53 Å². The van der Waals surface area contributed by atoms with Crippen LogP contribution in [0, 0.1) is 5.92 Å². The first-order valence-electron chi connectivity index (χ1n) is 7.13. The molecule has 0 bridgehead atoms. The molecule has 5 heteroatoms. The molecule has 4 nitrogen and oxygen atoms in total. The van der Waals surface area contributed by atoms with E-state index in [1.54, 1.807) is 0 Å². The van der Waals surface area contributed by atoms with Crippen molar-refractivity contribution in [3.8, 4) is 0 Å². The number of carbonyl (C=O) groups excluding carboxylic acids is 1. The Balaban J connectivity index is 2.21. The maximum absolute atomic E-state index is 11.8. The molecule has 114 valence electrons. The van der Waals surface area contributed by atoms with Crippen molar-refractivity contribution in [2.75, 3.05) is 5.32 Å². The highest BCUT2D eigenvalue weighted by Crippen LogP contribution is 2.29. The van der Waals surface area contributed by atoms with Crippen molar-refractivity contribution in [3.63, 3.8) is 0 Å². The van der Waals surface area contributed by atoms with Crippen LogP contribution in [0.2, 0.25) is 0 Å². The highest BCUT2D eigenvalue weighted by molar-refractivity contribution is 7.22. The molecule has 0 atom stereocenters. The number of hydrogen-bond acceptors (Lipinski definition) is 4. The molecule has 1 N–H and O–H groups in total. The largest absolute Gasteiger partial charge is 0.444 e. The molecule has 0 unspecified atom stereocenters. The number of carbonyl (C=O) groups is 1. The maximum Gasteiger partial charge on any atom is 0.413 e. The summed E-state index contributed by atoms with van der Waals surface area (Å²) in [5.41, 5.74) is 1.68. The first-order chi connectivity index (χ1) is 9.74. The summed E-state index contributed by atoms with van der Waals surface area (Å²) in [6.45, 7) is 9.89. The summed E-state index contributed by atoms with van der Waals surface area (Å²) < 4.78 is 6.33. The molecular formula is C16H22N2O2S. The van der Waals surface area contributed by atoms with E-state index in [4.69, 9.17) is 4.74 Å². The minimum atomic E-state index is -0.510. The van der Waals surface area contributed by atoms with Gasteiger partial charge in [-0.3, -0.25) is 5.32 Å². The molecule has 1 amide bonds. The van der Waals surface area contributed by atoms with Gasteiger partial charge in [-0.1, -0.05) is 37.3 Å². The predicted octanol–water partition coefficient (Wildman–Crippen LogP) is 4.84. The molecule has 0 spiro atoms. The van der Waals surface area contributed by atoms with Gasteiger partial charge in [-0.25, -0.2) is 9.78 Å².